The Kier molecular flexibility index (Phi) is 4.62. The first kappa shape index (κ1) is 13.8. The van der Waals surface area contributed by atoms with E-state index < -0.39 is 0 Å². The van der Waals surface area contributed by atoms with E-state index in [1.54, 1.807) is 0 Å². The fourth-order valence-corrected chi connectivity index (χ4v) is 3.09. The van der Waals surface area contributed by atoms with Gasteiger partial charge in [-0.15, -0.1) is 0 Å². The summed E-state index contributed by atoms with van der Waals surface area (Å²) in [6.45, 7) is 8.86. The van der Waals surface area contributed by atoms with Gasteiger partial charge >= 0.3 is 0 Å². The lowest BCUT2D eigenvalue weighted by atomic mass is 9.90. The lowest BCUT2D eigenvalue weighted by Crippen LogP contribution is -2.51. The highest BCUT2D eigenvalue weighted by molar-refractivity contribution is 5.77. The van der Waals surface area contributed by atoms with E-state index >= 15 is 0 Å². The molecule has 0 bridgehead atoms. The summed E-state index contributed by atoms with van der Waals surface area (Å²) in [5.74, 6) is 0.891. The number of carbonyl (C=O) groups excluding carboxylic acids is 1. The Bertz CT molecular complexity index is 286. The summed E-state index contributed by atoms with van der Waals surface area (Å²) in [5, 5.41) is 3.48. The van der Waals surface area contributed by atoms with Crippen LogP contribution in [0.2, 0.25) is 0 Å². The van der Waals surface area contributed by atoms with Crippen LogP contribution < -0.4 is 5.32 Å². The summed E-state index contributed by atoms with van der Waals surface area (Å²) in [6, 6.07) is 0.361. The number of rotatable bonds is 2. The Morgan fingerprint density at radius 2 is 1.94 bits per heavy atom. The van der Waals surface area contributed by atoms with E-state index in [9.17, 15) is 4.79 Å². The van der Waals surface area contributed by atoms with Gasteiger partial charge in [0.05, 0.1) is 12.2 Å². The molecule has 1 amide bonds. The van der Waals surface area contributed by atoms with E-state index in [2.05, 4.69) is 12.2 Å². The highest BCUT2D eigenvalue weighted by atomic mass is 16.5. The zero-order chi connectivity index (χ0) is 13.1. The molecule has 2 fully saturated rings. The average Bonchev–Trinajstić information content (AvgIpc) is 2.31. The molecule has 0 aliphatic carbocycles. The van der Waals surface area contributed by atoms with Crippen molar-refractivity contribution >= 4 is 5.91 Å². The van der Waals surface area contributed by atoms with E-state index in [1.807, 2.05) is 18.7 Å². The van der Waals surface area contributed by atoms with Crippen LogP contribution in [-0.2, 0) is 9.53 Å². The molecule has 0 aromatic carbocycles. The summed E-state index contributed by atoms with van der Waals surface area (Å²) in [6.07, 6.45) is 3.43. The number of piperidine rings is 1. The zero-order valence-corrected chi connectivity index (χ0v) is 11.8. The third-order valence-corrected chi connectivity index (χ3v) is 4.10. The van der Waals surface area contributed by atoms with Crippen molar-refractivity contribution in [2.75, 3.05) is 19.6 Å². The van der Waals surface area contributed by atoms with Crippen molar-refractivity contribution in [3.05, 3.63) is 0 Å². The van der Waals surface area contributed by atoms with Crippen molar-refractivity contribution in [2.45, 2.75) is 58.3 Å². The molecule has 4 nitrogen and oxygen atoms in total. The molecule has 0 spiro atoms. The van der Waals surface area contributed by atoms with E-state index in [0.29, 0.717) is 18.4 Å². The standard InChI is InChI=1S/C14H26N2O2/c1-10-5-4-6-15-13(10)7-14(17)16-8-11(2)18-12(3)9-16/h10-13,15H,4-9H2,1-3H3. The second-order valence-electron chi connectivity index (χ2n) is 5.94. The molecule has 2 heterocycles. The molecule has 2 rings (SSSR count). The van der Waals surface area contributed by atoms with Gasteiger partial charge in [0, 0.05) is 25.6 Å². The number of nitrogens with zero attached hydrogens (tertiary/aromatic N) is 1. The van der Waals surface area contributed by atoms with Crippen molar-refractivity contribution in [1.82, 2.24) is 10.2 Å². The van der Waals surface area contributed by atoms with Gasteiger partial charge in [-0.05, 0) is 39.2 Å². The second kappa shape index (κ2) is 6.02. The lowest BCUT2D eigenvalue weighted by molar-refractivity contribution is -0.144. The number of nitrogens with one attached hydrogen (secondary N) is 1. The van der Waals surface area contributed by atoms with E-state index in [-0.39, 0.29) is 18.1 Å². The molecule has 0 aromatic heterocycles. The summed E-state index contributed by atoms with van der Waals surface area (Å²) >= 11 is 0. The highest BCUT2D eigenvalue weighted by Gasteiger charge is 2.29. The number of morpholine rings is 1. The van der Waals surface area contributed by atoms with Gasteiger partial charge in [0.1, 0.15) is 0 Å². The lowest BCUT2D eigenvalue weighted by Gasteiger charge is -2.37. The minimum Gasteiger partial charge on any atom is -0.372 e. The fraction of sp³-hybridized carbons (Fsp3) is 0.929. The van der Waals surface area contributed by atoms with Gasteiger partial charge in [0.2, 0.25) is 5.91 Å². The van der Waals surface area contributed by atoms with Crippen LogP contribution >= 0.6 is 0 Å². The molecule has 4 atom stereocenters. The Morgan fingerprint density at radius 1 is 1.28 bits per heavy atom. The van der Waals surface area contributed by atoms with Gasteiger partial charge in [-0.1, -0.05) is 6.92 Å². The van der Waals surface area contributed by atoms with Crippen LogP contribution in [0.25, 0.3) is 0 Å². The van der Waals surface area contributed by atoms with Crippen LogP contribution in [0.4, 0.5) is 0 Å². The molecule has 104 valence electrons. The first-order valence-corrected chi connectivity index (χ1v) is 7.23. The van der Waals surface area contributed by atoms with E-state index in [4.69, 9.17) is 4.74 Å². The van der Waals surface area contributed by atoms with Crippen LogP contribution in [0.5, 0.6) is 0 Å². The topological polar surface area (TPSA) is 41.6 Å². The maximum atomic E-state index is 12.3. The van der Waals surface area contributed by atoms with Gasteiger partial charge in [0.15, 0.2) is 0 Å². The molecular formula is C14H26N2O2. The Hall–Kier alpha value is -0.610. The molecule has 2 aliphatic rings. The van der Waals surface area contributed by atoms with Crippen molar-refractivity contribution in [3.8, 4) is 0 Å². The van der Waals surface area contributed by atoms with Crippen LogP contribution in [0.1, 0.15) is 40.0 Å². The molecule has 2 aliphatic heterocycles. The first-order valence-electron chi connectivity index (χ1n) is 7.23. The molecule has 1 N–H and O–H groups in total. The van der Waals surface area contributed by atoms with Gasteiger partial charge in [-0.3, -0.25) is 4.79 Å². The minimum atomic E-state index is 0.162. The number of carbonyl (C=O) groups is 1. The second-order valence-corrected chi connectivity index (χ2v) is 5.94. The number of hydrogen-bond acceptors (Lipinski definition) is 3. The fourth-order valence-electron chi connectivity index (χ4n) is 3.09. The summed E-state index contributed by atoms with van der Waals surface area (Å²) in [7, 11) is 0. The number of amides is 1. The average molecular weight is 254 g/mol. The predicted molar refractivity (Wildman–Crippen MR) is 71.4 cm³/mol. The van der Waals surface area contributed by atoms with Crippen molar-refractivity contribution in [1.29, 1.82) is 0 Å². The van der Waals surface area contributed by atoms with Crippen LogP contribution in [-0.4, -0.2) is 48.7 Å². The minimum absolute atomic E-state index is 0.162. The molecule has 4 unspecified atom stereocenters. The number of hydrogen-bond donors (Lipinski definition) is 1. The molecule has 4 heteroatoms. The SMILES string of the molecule is CC1CN(C(=O)CC2NCCCC2C)CC(C)O1. The number of ether oxygens (including phenoxy) is 1. The largest absolute Gasteiger partial charge is 0.372 e. The van der Waals surface area contributed by atoms with Crippen molar-refractivity contribution in [3.63, 3.8) is 0 Å². The van der Waals surface area contributed by atoms with Crippen molar-refractivity contribution in [2.24, 2.45) is 5.92 Å². The van der Waals surface area contributed by atoms with E-state index in [0.717, 1.165) is 19.6 Å². The third kappa shape index (κ3) is 3.45. The molecular weight excluding hydrogens is 228 g/mol. The van der Waals surface area contributed by atoms with Gasteiger partial charge in [-0.2, -0.15) is 0 Å². The molecule has 0 saturated carbocycles. The predicted octanol–water partition coefficient (Wildman–Crippen LogP) is 1.40. The van der Waals surface area contributed by atoms with E-state index in [1.165, 1.54) is 12.8 Å². The molecule has 0 aromatic rings. The smallest absolute Gasteiger partial charge is 0.224 e. The zero-order valence-electron chi connectivity index (χ0n) is 11.8. The monoisotopic (exact) mass is 254 g/mol. The van der Waals surface area contributed by atoms with Gasteiger partial charge < -0.3 is 15.0 Å². The Balaban J connectivity index is 1.86. The summed E-state index contributed by atoms with van der Waals surface area (Å²) < 4.78 is 5.67. The third-order valence-electron chi connectivity index (χ3n) is 4.10. The van der Waals surface area contributed by atoms with Crippen LogP contribution in [0, 0.1) is 5.92 Å². The molecule has 18 heavy (non-hydrogen) atoms. The quantitative estimate of drug-likeness (QED) is 0.810. The maximum Gasteiger partial charge on any atom is 0.224 e. The van der Waals surface area contributed by atoms with Crippen LogP contribution in [0.15, 0.2) is 0 Å². The summed E-state index contributed by atoms with van der Waals surface area (Å²) in [4.78, 5) is 14.3. The highest BCUT2D eigenvalue weighted by Crippen LogP contribution is 2.20. The Labute approximate surface area is 110 Å². The normalized spacial score (nSPS) is 37.6. The van der Waals surface area contributed by atoms with Gasteiger partial charge in [0.25, 0.3) is 0 Å². The van der Waals surface area contributed by atoms with Crippen LogP contribution in [0.3, 0.4) is 0 Å². The van der Waals surface area contributed by atoms with Gasteiger partial charge in [-0.25, -0.2) is 0 Å². The Morgan fingerprint density at radius 3 is 2.56 bits per heavy atom. The van der Waals surface area contributed by atoms with Crippen molar-refractivity contribution < 1.29 is 9.53 Å². The summed E-state index contributed by atoms with van der Waals surface area (Å²) in [5.41, 5.74) is 0. The molecule has 0 radical (unpaired) electrons. The first-order chi connectivity index (χ1) is 8.56. The maximum absolute atomic E-state index is 12.3. The molecule has 2 saturated heterocycles.